The standard InChI is InChI=1S/C25H36N4O4/c1-25(2,17-27(3)4)16-26-22(31)18-11-14-28(15-12-18)21(30)10-7-13-29-23(32)19-8-5-6-9-20(19)24(29)33/h5-6,8-9,18H,7,10-17H2,1-4H3,(H,26,31). The molecule has 0 aliphatic carbocycles. The van der Waals surface area contributed by atoms with Gasteiger partial charge >= 0.3 is 0 Å². The first kappa shape index (κ1) is 24.9. The van der Waals surface area contributed by atoms with Crippen LogP contribution in [0.1, 0.15) is 60.2 Å². The molecule has 0 bridgehead atoms. The number of carbonyl (C=O) groups is 4. The van der Waals surface area contributed by atoms with E-state index in [9.17, 15) is 19.2 Å². The fourth-order valence-electron chi connectivity index (χ4n) is 4.76. The van der Waals surface area contributed by atoms with Crippen LogP contribution in [0.2, 0.25) is 0 Å². The van der Waals surface area contributed by atoms with Crippen molar-refractivity contribution < 1.29 is 19.2 Å². The number of amides is 4. The third-order valence-electron chi connectivity index (χ3n) is 6.35. The van der Waals surface area contributed by atoms with Crippen molar-refractivity contribution in [2.45, 2.75) is 39.5 Å². The number of imide groups is 1. The van der Waals surface area contributed by atoms with Crippen LogP contribution in [0, 0.1) is 11.3 Å². The molecule has 0 spiro atoms. The lowest BCUT2D eigenvalue weighted by atomic mass is 9.91. The molecule has 1 aromatic rings. The average molecular weight is 457 g/mol. The highest BCUT2D eigenvalue weighted by molar-refractivity contribution is 6.21. The molecule has 2 aliphatic heterocycles. The molecule has 0 saturated carbocycles. The maximum Gasteiger partial charge on any atom is 0.261 e. The van der Waals surface area contributed by atoms with E-state index in [1.54, 1.807) is 29.2 Å². The van der Waals surface area contributed by atoms with Gasteiger partial charge in [0.15, 0.2) is 0 Å². The van der Waals surface area contributed by atoms with Gasteiger partial charge in [-0.1, -0.05) is 26.0 Å². The van der Waals surface area contributed by atoms with Crippen molar-refractivity contribution in [3.63, 3.8) is 0 Å². The summed E-state index contributed by atoms with van der Waals surface area (Å²) in [6.45, 7) is 7.14. The van der Waals surface area contributed by atoms with Crippen LogP contribution in [-0.2, 0) is 9.59 Å². The number of likely N-dealkylation sites (tertiary alicyclic amines) is 1. The Balaban J connectivity index is 1.38. The Morgan fingerprint density at radius 2 is 1.64 bits per heavy atom. The second-order valence-corrected chi connectivity index (χ2v) is 10.2. The molecule has 8 nitrogen and oxygen atoms in total. The van der Waals surface area contributed by atoms with Gasteiger partial charge in [0, 0.05) is 45.1 Å². The van der Waals surface area contributed by atoms with E-state index < -0.39 is 0 Å². The minimum atomic E-state index is -0.288. The third-order valence-corrected chi connectivity index (χ3v) is 6.35. The highest BCUT2D eigenvalue weighted by Crippen LogP contribution is 2.23. The lowest BCUT2D eigenvalue weighted by Crippen LogP contribution is -2.46. The van der Waals surface area contributed by atoms with Gasteiger partial charge in [-0.2, -0.15) is 0 Å². The first-order chi connectivity index (χ1) is 15.6. The first-order valence-electron chi connectivity index (χ1n) is 11.7. The van der Waals surface area contributed by atoms with E-state index in [4.69, 9.17) is 0 Å². The van der Waals surface area contributed by atoms with Crippen molar-refractivity contribution in [2.24, 2.45) is 11.3 Å². The molecule has 0 unspecified atom stereocenters. The highest BCUT2D eigenvalue weighted by Gasteiger charge is 2.35. The van der Waals surface area contributed by atoms with E-state index in [1.165, 1.54) is 4.90 Å². The molecule has 4 amide bonds. The van der Waals surface area contributed by atoms with Gasteiger partial charge in [-0.15, -0.1) is 0 Å². The monoisotopic (exact) mass is 456 g/mol. The zero-order chi connectivity index (χ0) is 24.2. The number of benzene rings is 1. The van der Waals surface area contributed by atoms with Gasteiger partial charge in [-0.3, -0.25) is 24.1 Å². The van der Waals surface area contributed by atoms with Crippen molar-refractivity contribution >= 4 is 23.6 Å². The summed E-state index contributed by atoms with van der Waals surface area (Å²) < 4.78 is 0. The molecule has 33 heavy (non-hydrogen) atoms. The maximum atomic E-state index is 12.6. The van der Waals surface area contributed by atoms with Crippen molar-refractivity contribution in [3.8, 4) is 0 Å². The number of fused-ring (bicyclic) bond motifs is 1. The van der Waals surface area contributed by atoms with Crippen molar-refractivity contribution in [3.05, 3.63) is 35.4 Å². The maximum absolute atomic E-state index is 12.6. The normalized spacial score (nSPS) is 17.0. The van der Waals surface area contributed by atoms with Gasteiger partial charge in [0.1, 0.15) is 0 Å². The van der Waals surface area contributed by atoms with Gasteiger partial charge in [0.05, 0.1) is 11.1 Å². The Kier molecular flexibility index (Phi) is 7.89. The third kappa shape index (κ3) is 6.19. The van der Waals surface area contributed by atoms with Crippen LogP contribution in [0.25, 0.3) is 0 Å². The molecule has 0 aromatic heterocycles. The molecule has 3 rings (SSSR count). The Bertz CT molecular complexity index is 868. The largest absolute Gasteiger partial charge is 0.355 e. The molecule has 0 atom stereocenters. The molecule has 8 heteroatoms. The lowest BCUT2D eigenvalue weighted by Gasteiger charge is -2.33. The smallest absolute Gasteiger partial charge is 0.261 e. The fourth-order valence-corrected chi connectivity index (χ4v) is 4.76. The number of nitrogens with zero attached hydrogens (tertiary/aromatic N) is 3. The van der Waals surface area contributed by atoms with E-state index in [-0.39, 0.29) is 47.9 Å². The van der Waals surface area contributed by atoms with E-state index in [2.05, 4.69) is 24.1 Å². The Morgan fingerprint density at radius 1 is 1.06 bits per heavy atom. The van der Waals surface area contributed by atoms with Crippen LogP contribution >= 0.6 is 0 Å². The summed E-state index contributed by atoms with van der Waals surface area (Å²) in [6, 6.07) is 6.80. The summed E-state index contributed by atoms with van der Waals surface area (Å²) >= 11 is 0. The molecule has 0 radical (unpaired) electrons. The number of nitrogens with one attached hydrogen (secondary N) is 1. The summed E-state index contributed by atoms with van der Waals surface area (Å²) in [7, 11) is 4.05. The average Bonchev–Trinajstić information content (AvgIpc) is 3.02. The molecule has 1 saturated heterocycles. The summed E-state index contributed by atoms with van der Waals surface area (Å²) in [5.74, 6) is -0.563. The van der Waals surface area contributed by atoms with Crippen LogP contribution in [0.4, 0.5) is 0 Å². The van der Waals surface area contributed by atoms with Crippen LogP contribution < -0.4 is 5.32 Å². The highest BCUT2D eigenvalue weighted by atomic mass is 16.2. The molecular weight excluding hydrogens is 420 g/mol. The molecule has 2 aliphatic rings. The van der Waals surface area contributed by atoms with E-state index in [0.29, 0.717) is 50.0 Å². The van der Waals surface area contributed by atoms with Crippen molar-refractivity contribution in [1.29, 1.82) is 0 Å². The van der Waals surface area contributed by atoms with Gasteiger partial charge < -0.3 is 15.1 Å². The number of rotatable bonds is 9. The lowest BCUT2D eigenvalue weighted by molar-refractivity contribution is -0.135. The van der Waals surface area contributed by atoms with Crippen LogP contribution in [0.5, 0.6) is 0 Å². The van der Waals surface area contributed by atoms with Gasteiger partial charge in [0.2, 0.25) is 11.8 Å². The number of carbonyl (C=O) groups excluding carboxylic acids is 4. The minimum Gasteiger partial charge on any atom is -0.355 e. The second kappa shape index (κ2) is 10.5. The SMILES string of the molecule is CN(C)CC(C)(C)CNC(=O)C1CCN(C(=O)CCCN2C(=O)c3ccccc3C2=O)CC1. The summed E-state index contributed by atoms with van der Waals surface area (Å²) in [6.07, 6.45) is 2.03. The van der Waals surface area contributed by atoms with Crippen LogP contribution in [0.15, 0.2) is 24.3 Å². The van der Waals surface area contributed by atoms with Crippen LogP contribution in [0.3, 0.4) is 0 Å². The summed E-state index contributed by atoms with van der Waals surface area (Å²) in [5, 5.41) is 3.09. The van der Waals surface area contributed by atoms with Gasteiger partial charge in [0.25, 0.3) is 11.8 Å². The fraction of sp³-hybridized carbons (Fsp3) is 0.600. The Hall–Kier alpha value is -2.74. The predicted molar refractivity (Wildman–Crippen MR) is 126 cm³/mol. The Morgan fingerprint density at radius 3 is 2.18 bits per heavy atom. The summed E-state index contributed by atoms with van der Waals surface area (Å²) in [4.78, 5) is 55.2. The Labute approximate surface area is 196 Å². The minimum absolute atomic E-state index is 0.00466. The van der Waals surface area contributed by atoms with E-state index in [1.807, 2.05) is 14.1 Å². The number of hydrogen-bond donors (Lipinski definition) is 1. The van der Waals surface area contributed by atoms with Crippen LogP contribution in [-0.4, -0.2) is 85.1 Å². The second-order valence-electron chi connectivity index (χ2n) is 10.2. The quantitative estimate of drug-likeness (QED) is 0.574. The number of piperidine rings is 1. The molecule has 1 N–H and O–H groups in total. The molecule has 2 heterocycles. The van der Waals surface area contributed by atoms with Gasteiger partial charge in [-0.25, -0.2) is 0 Å². The molecule has 180 valence electrons. The van der Waals surface area contributed by atoms with E-state index >= 15 is 0 Å². The van der Waals surface area contributed by atoms with Crippen molar-refractivity contribution in [1.82, 2.24) is 20.0 Å². The molecule has 1 fully saturated rings. The van der Waals surface area contributed by atoms with Gasteiger partial charge in [-0.05, 0) is 50.9 Å². The first-order valence-corrected chi connectivity index (χ1v) is 11.7. The zero-order valence-electron chi connectivity index (χ0n) is 20.2. The molecule has 1 aromatic carbocycles. The topological polar surface area (TPSA) is 90.0 Å². The van der Waals surface area contributed by atoms with Crippen molar-refractivity contribution in [2.75, 3.05) is 46.8 Å². The number of hydrogen-bond acceptors (Lipinski definition) is 5. The predicted octanol–water partition coefficient (Wildman–Crippen LogP) is 2.01. The zero-order valence-corrected chi connectivity index (χ0v) is 20.2. The molecular formula is C25H36N4O4. The van der Waals surface area contributed by atoms with E-state index in [0.717, 1.165) is 6.54 Å². The summed E-state index contributed by atoms with van der Waals surface area (Å²) in [5.41, 5.74) is 0.855.